The van der Waals surface area contributed by atoms with Gasteiger partial charge in [-0.15, -0.1) is 0 Å². The van der Waals surface area contributed by atoms with Crippen molar-refractivity contribution in [2.24, 2.45) is 10.9 Å². The van der Waals surface area contributed by atoms with Crippen LogP contribution in [0.3, 0.4) is 0 Å². The molecule has 1 aliphatic rings. The van der Waals surface area contributed by atoms with Gasteiger partial charge in [-0.05, 0) is 43.9 Å². The van der Waals surface area contributed by atoms with Gasteiger partial charge in [0, 0.05) is 5.56 Å². The molecule has 0 aliphatic carbocycles. The van der Waals surface area contributed by atoms with Crippen molar-refractivity contribution in [3.05, 3.63) is 34.4 Å². The summed E-state index contributed by atoms with van der Waals surface area (Å²) in [5.74, 6) is -0.0818. The number of rotatable bonds is 3. The van der Waals surface area contributed by atoms with Crippen LogP contribution in [0.2, 0.25) is 0 Å². The standard InChI is InChI=1S/C17H22N2O3/c1-9(2)17(5)16(21)18-14(19-17)13-11(4)7-10(3)8-12(13)15(20)22-6/h7-9H,1-6H3,(H,18,19,21). The van der Waals surface area contributed by atoms with E-state index in [0.29, 0.717) is 17.0 Å². The van der Waals surface area contributed by atoms with E-state index in [1.54, 1.807) is 13.0 Å². The van der Waals surface area contributed by atoms with Gasteiger partial charge >= 0.3 is 5.97 Å². The van der Waals surface area contributed by atoms with Crippen LogP contribution in [-0.4, -0.2) is 30.4 Å². The van der Waals surface area contributed by atoms with Gasteiger partial charge in [0.05, 0.1) is 12.7 Å². The molecule has 0 radical (unpaired) electrons. The van der Waals surface area contributed by atoms with E-state index in [2.05, 4.69) is 10.3 Å². The van der Waals surface area contributed by atoms with Crippen LogP contribution in [0.15, 0.2) is 17.1 Å². The van der Waals surface area contributed by atoms with Crippen molar-refractivity contribution < 1.29 is 14.3 Å². The Hall–Kier alpha value is -2.17. The Morgan fingerprint density at radius 3 is 2.45 bits per heavy atom. The first kappa shape index (κ1) is 16.2. The lowest BCUT2D eigenvalue weighted by molar-refractivity contribution is -0.124. The van der Waals surface area contributed by atoms with Crippen LogP contribution in [0.1, 0.15) is 47.8 Å². The number of carbonyl (C=O) groups excluding carboxylic acids is 2. The lowest BCUT2D eigenvalue weighted by Gasteiger charge is -2.21. The molecule has 1 heterocycles. The fourth-order valence-corrected chi connectivity index (χ4v) is 2.61. The minimum atomic E-state index is -0.819. The van der Waals surface area contributed by atoms with Crippen molar-refractivity contribution in [3.63, 3.8) is 0 Å². The molecule has 0 saturated carbocycles. The second kappa shape index (κ2) is 5.55. The predicted octanol–water partition coefficient (Wildman–Crippen LogP) is 2.38. The van der Waals surface area contributed by atoms with Gasteiger partial charge < -0.3 is 10.1 Å². The number of esters is 1. The number of ether oxygens (including phenoxy) is 1. The minimum absolute atomic E-state index is 0.0531. The first-order chi connectivity index (χ1) is 10.2. The normalized spacial score (nSPS) is 20.9. The third-order valence-electron chi connectivity index (χ3n) is 4.28. The summed E-state index contributed by atoms with van der Waals surface area (Å²) in [5, 5.41) is 2.83. The second-order valence-electron chi connectivity index (χ2n) is 6.21. The molecule has 1 N–H and O–H groups in total. The van der Waals surface area contributed by atoms with Crippen LogP contribution in [-0.2, 0) is 9.53 Å². The zero-order chi connectivity index (χ0) is 16.7. The van der Waals surface area contributed by atoms with E-state index in [1.807, 2.05) is 33.8 Å². The maximum absolute atomic E-state index is 12.3. The molecule has 0 fully saturated rings. The minimum Gasteiger partial charge on any atom is -0.465 e. The van der Waals surface area contributed by atoms with Crippen LogP contribution >= 0.6 is 0 Å². The highest BCUT2D eigenvalue weighted by Crippen LogP contribution is 2.29. The lowest BCUT2D eigenvalue weighted by Crippen LogP contribution is -2.41. The molecule has 1 amide bonds. The number of hydrogen-bond donors (Lipinski definition) is 1. The van der Waals surface area contributed by atoms with Crippen LogP contribution in [0, 0.1) is 19.8 Å². The summed E-state index contributed by atoms with van der Waals surface area (Å²) in [4.78, 5) is 29.0. The molecule has 1 aromatic rings. The topological polar surface area (TPSA) is 67.8 Å². The zero-order valence-corrected chi connectivity index (χ0v) is 13.9. The number of benzene rings is 1. The Morgan fingerprint density at radius 2 is 1.95 bits per heavy atom. The number of nitrogens with zero attached hydrogens (tertiary/aromatic N) is 1. The highest BCUT2D eigenvalue weighted by Gasteiger charge is 2.42. The van der Waals surface area contributed by atoms with E-state index in [9.17, 15) is 9.59 Å². The molecule has 0 aromatic heterocycles. The first-order valence-electron chi connectivity index (χ1n) is 7.32. The summed E-state index contributed by atoms with van der Waals surface area (Å²) in [5.41, 5.74) is 2.08. The highest BCUT2D eigenvalue weighted by atomic mass is 16.5. The lowest BCUT2D eigenvalue weighted by atomic mass is 9.89. The van der Waals surface area contributed by atoms with Gasteiger partial charge in [0.15, 0.2) is 0 Å². The molecule has 1 unspecified atom stereocenters. The number of aryl methyl sites for hydroxylation is 2. The molecule has 1 atom stereocenters. The highest BCUT2D eigenvalue weighted by molar-refractivity contribution is 6.19. The molecule has 5 nitrogen and oxygen atoms in total. The third kappa shape index (κ3) is 2.51. The van der Waals surface area contributed by atoms with E-state index in [0.717, 1.165) is 11.1 Å². The van der Waals surface area contributed by atoms with Gasteiger partial charge in [-0.3, -0.25) is 9.79 Å². The van der Waals surface area contributed by atoms with Crippen molar-refractivity contribution in [2.75, 3.05) is 7.11 Å². The smallest absolute Gasteiger partial charge is 0.338 e. The van der Waals surface area contributed by atoms with Crippen LogP contribution < -0.4 is 5.32 Å². The van der Waals surface area contributed by atoms with Gasteiger partial charge in [-0.2, -0.15) is 0 Å². The molecule has 118 valence electrons. The van der Waals surface area contributed by atoms with Gasteiger partial charge in [-0.1, -0.05) is 19.9 Å². The molecule has 22 heavy (non-hydrogen) atoms. The Morgan fingerprint density at radius 1 is 1.32 bits per heavy atom. The molecular formula is C17H22N2O3. The zero-order valence-electron chi connectivity index (χ0n) is 13.9. The Kier molecular flexibility index (Phi) is 4.09. The van der Waals surface area contributed by atoms with E-state index in [1.165, 1.54) is 7.11 Å². The van der Waals surface area contributed by atoms with Gasteiger partial charge in [0.25, 0.3) is 5.91 Å². The number of methoxy groups -OCH3 is 1. The first-order valence-corrected chi connectivity index (χ1v) is 7.32. The monoisotopic (exact) mass is 302 g/mol. The molecule has 1 aliphatic heterocycles. The van der Waals surface area contributed by atoms with E-state index < -0.39 is 11.5 Å². The quantitative estimate of drug-likeness (QED) is 0.872. The van der Waals surface area contributed by atoms with Crippen molar-refractivity contribution in [3.8, 4) is 0 Å². The SMILES string of the molecule is COC(=O)c1cc(C)cc(C)c1C1=NC(C)(C(C)C)C(=O)N1. The third-order valence-corrected chi connectivity index (χ3v) is 4.28. The largest absolute Gasteiger partial charge is 0.465 e. The molecule has 0 spiro atoms. The molecular weight excluding hydrogens is 280 g/mol. The van der Waals surface area contributed by atoms with Crippen molar-refractivity contribution in [2.45, 2.75) is 40.2 Å². The van der Waals surface area contributed by atoms with E-state index >= 15 is 0 Å². The predicted molar refractivity (Wildman–Crippen MR) is 85.2 cm³/mol. The maximum Gasteiger partial charge on any atom is 0.338 e. The van der Waals surface area contributed by atoms with Gasteiger partial charge in [0.1, 0.15) is 11.4 Å². The van der Waals surface area contributed by atoms with Crippen molar-refractivity contribution in [1.82, 2.24) is 5.32 Å². The fraction of sp³-hybridized carbons (Fsp3) is 0.471. The summed E-state index contributed by atoms with van der Waals surface area (Å²) in [6.45, 7) is 9.52. The molecule has 0 bridgehead atoms. The summed E-state index contributed by atoms with van der Waals surface area (Å²) in [7, 11) is 1.34. The van der Waals surface area contributed by atoms with Crippen LogP contribution in [0.25, 0.3) is 0 Å². The Labute approximate surface area is 130 Å². The number of amides is 1. The fourth-order valence-electron chi connectivity index (χ4n) is 2.61. The average Bonchev–Trinajstić information content (AvgIpc) is 2.73. The number of amidine groups is 1. The summed E-state index contributed by atoms with van der Waals surface area (Å²) >= 11 is 0. The second-order valence-corrected chi connectivity index (χ2v) is 6.21. The maximum atomic E-state index is 12.3. The van der Waals surface area contributed by atoms with Crippen LogP contribution in [0.5, 0.6) is 0 Å². The summed E-state index contributed by atoms with van der Waals surface area (Å²) in [6.07, 6.45) is 0. The summed E-state index contributed by atoms with van der Waals surface area (Å²) < 4.78 is 4.87. The van der Waals surface area contributed by atoms with Gasteiger partial charge in [-0.25, -0.2) is 4.79 Å². The number of hydrogen-bond acceptors (Lipinski definition) is 4. The summed E-state index contributed by atoms with van der Waals surface area (Å²) in [6, 6.07) is 3.72. The Balaban J connectivity index is 2.64. The molecule has 1 aromatic carbocycles. The van der Waals surface area contributed by atoms with E-state index in [4.69, 9.17) is 4.74 Å². The van der Waals surface area contributed by atoms with Crippen LogP contribution in [0.4, 0.5) is 0 Å². The molecule has 0 saturated heterocycles. The number of carbonyl (C=O) groups is 2. The van der Waals surface area contributed by atoms with E-state index in [-0.39, 0.29) is 11.8 Å². The van der Waals surface area contributed by atoms with Crippen molar-refractivity contribution in [1.29, 1.82) is 0 Å². The molecule has 2 rings (SSSR count). The van der Waals surface area contributed by atoms with Gasteiger partial charge in [0.2, 0.25) is 0 Å². The van der Waals surface area contributed by atoms with Crippen molar-refractivity contribution >= 4 is 17.7 Å². The Bertz CT molecular complexity index is 677. The average molecular weight is 302 g/mol. The number of nitrogens with one attached hydrogen (secondary N) is 1. The molecule has 5 heteroatoms. The number of aliphatic imine (C=N–C) groups is 1.